The first-order valence-electron chi connectivity index (χ1n) is 7.11. The molecule has 2 rings (SSSR count). The van der Waals surface area contributed by atoms with Crippen LogP contribution in [0.3, 0.4) is 0 Å². The summed E-state index contributed by atoms with van der Waals surface area (Å²) in [6.45, 7) is 10.9. The second kappa shape index (κ2) is 5.05. The van der Waals surface area contributed by atoms with E-state index in [4.69, 9.17) is 0 Å². The lowest BCUT2D eigenvalue weighted by molar-refractivity contribution is 0.109. The van der Waals surface area contributed by atoms with Gasteiger partial charge in [-0.25, -0.2) is 0 Å². The Bertz CT molecular complexity index is 219. The fourth-order valence-corrected chi connectivity index (χ4v) is 3.66. The van der Waals surface area contributed by atoms with Gasteiger partial charge in [-0.05, 0) is 44.2 Å². The zero-order chi connectivity index (χ0) is 11.6. The molecular formula is C14H28N2. The van der Waals surface area contributed by atoms with Gasteiger partial charge in [-0.15, -0.1) is 0 Å². The lowest BCUT2D eigenvalue weighted by Crippen LogP contribution is -2.47. The molecule has 16 heavy (non-hydrogen) atoms. The Morgan fingerprint density at radius 2 is 2.06 bits per heavy atom. The summed E-state index contributed by atoms with van der Waals surface area (Å²) in [4.78, 5) is 2.73. The maximum atomic E-state index is 3.63. The molecule has 94 valence electrons. The summed E-state index contributed by atoms with van der Waals surface area (Å²) in [5.74, 6) is 0. The van der Waals surface area contributed by atoms with Crippen LogP contribution in [0.2, 0.25) is 0 Å². The highest BCUT2D eigenvalue weighted by atomic mass is 15.2. The molecule has 1 heterocycles. The first-order valence-corrected chi connectivity index (χ1v) is 7.11. The molecule has 1 saturated carbocycles. The van der Waals surface area contributed by atoms with Gasteiger partial charge in [0.2, 0.25) is 0 Å². The molecule has 0 aromatic heterocycles. The fraction of sp³-hybridized carbons (Fsp3) is 1.00. The van der Waals surface area contributed by atoms with E-state index >= 15 is 0 Å². The third-order valence-corrected chi connectivity index (χ3v) is 4.66. The van der Waals surface area contributed by atoms with Crippen molar-refractivity contribution < 1.29 is 0 Å². The van der Waals surface area contributed by atoms with Crippen molar-refractivity contribution in [3.05, 3.63) is 0 Å². The SMILES string of the molecule is CCN(CC1CCCN1)C1CCCC1(C)C. The Morgan fingerprint density at radius 3 is 2.56 bits per heavy atom. The van der Waals surface area contributed by atoms with E-state index < -0.39 is 0 Å². The Hall–Kier alpha value is -0.0800. The van der Waals surface area contributed by atoms with Crippen molar-refractivity contribution in [1.29, 1.82) is 0 Å². The van der Waals surface area contributed by atoms with E-state index in [1.165, 1.54) is 51.7 Å². The fourth-order valence-electron chi connectivity index (χ4n) is 3.66. The van der Waals surface area contributed by atoms with E-state index in [0.29, 0.717) is 5.41 Å². The Balaban J connectivity index is 1.93. The maximum Gasteiger partial charge on any atom is 0.0195 e. The molecule has 0 bridgehead atoms. The van der Waals surface area contributed by atoms with Crippen LogP contribution in [-0.4, -0.2) is 36.6 Å². The number of rotatable bonds is 4. The van der Waals surface area contributed by atoms with Crippen LogP contribution in [0.1, 0.15) is 52.9 Å². The van der Waals surface area contributed by atoms with E-state index in [1.54, 1.807) is 0 Å². The predicted molar refractivity (Wildman–Crippen MR) is 69.7 cm³/mol. The average Bonchev–Trinajstić information content (AvgIpc) is 2.84. The summed E-state index contributed by atoms with van der Waals surface area (Å²) in [6.07, 6.45) is 6.99. The van der Waals surface area contributed by atoms with E-state index in [-0.39, 0.29) is 0 Å². The predicted octanol–water partition coefficient (Wildman–Crippen LogP) is 2.64. The van der Waals surface area contributed by atoms with Crippen molar-refractivity contribution in [3.63, 3.8) is 0 Å². The molecule has 2 nitrogen and oxygen atoms in total. The zero-order valence-electron chi connectivity index (χ0n) is 11.3. The van der Waals surface area contributed by atoms with Gasteiger partial charge in [0.1, 0.15) is 0 Å². The normalized spacial score (nSPS) is 33.8. The van der Waals surface area contributed by atoms with Crippen LogP contribution >= 0.6 is 0 Å². The standard InChI is InChI=1S/C14H28N2/c1-4-16(11-12-7-6-10-15-12)13-8-5-9-14(13,2)3/h12-13,15H,4-11H2,1-3H3. The van der Waals surface area contributed by atoms with Gasteiger partial charge in [0.15, 0.2) is 0 Å². The number of hydrogen-bond donors (Lipinski definition) is 1. The molecule has 2 aliphatic rings. The summed E-state index contributed by atoms with van der Waals surface area (Å²) in [6, 6.07) is 1.58. The van der Waals surface area contributed by atoms with Crippen LogP contribution < -0.4 is 5.32 Å². The summed E-state index contributed by atoms with van der Waals surface area (Å²) in [7, 11) is 0. The highest BCUT2D eigenvalue weighted by Crippen LogP contribution is 2.40. The highest BCUT2D eigenvalue weighted by Gasteiger charge is 2.38. The van der Waals surface area contributed by atoms with Gasteiger partial charge in [0, 0.05) is 18.6 Å². The van der Waals surface area contributed by atoms with E-state index in [0.717, 1.165) is 12.1 Å². The summed E-state index contributed by atoms with van der Waals surface area (Å²) < 4.78 is 0. The third kappa shape index (κ3) is 2.60. The van der Waals surface area contributed by atoms with Crippen molar-refractivity contribution in [2.45, 2.75) is 65.0 Å². The summed E-state index contributed by atoms with van der Waals surface area (Å²) in [5.41, 5.74) is 0.536. The zero-order valence-corrected chi connectivity index (χ0v) is 11.3. The molecule has 0 aromatic rings. The van der Waals surface area contributed by atoms with Crippen molar-refractivity contribution in [1.82, 2.24) is 10.2 Å². The number of hydrogen-bond acceptors (Lipinski definition) is 2. The van der Waals surface area contributed by atoms with Crippen molar-refractivity contribution in [2.24, 2.45) is 5.41 Å². The van der Waals surface area contributed by atoms with E-state index in [2.05, 4.69) is 31.0 Å². The number of nitrogens with zero attached hydrogens (tertiary/aromatic N) is 1. The molecule has 1 aliphatic carbocycles. The van der Waals surface area contributed by atoms with Gasteiger partial charge >= 0.3 is 0 Å². The molecule has 1 aliphatic heterocycles. The molecule has 2 heteroatoms. The largest absolute Gasteiger partial charge is 0.313 e. The molecule has 2 unspecified atom stereocenters. The molecule has 0 spiro atoms. The Morgan fingerprint density at radius 1 is 1.25 bits per heavy atom. The van der Waals surface area contributed by atoms with E-state index in [9.17, 15) is 0 Å². The van der Waals surface area contributed by atoms with Gasteiger partial charge in [0.05, 0.1) is 0 Å². The molecule has 1 saturated heterocycles. The lowest BCUT2D eigenvalue weighted by Gasteiger charge is -2.38. The summed E-state index contributed by atoms with van der Waals surface area (Å²) in [5, 5.41) is 3.63. The highest BCUT2D eigenvalue weighted by molar-refractivity contribution is 4.93. The number of nitrogens with one attached hydrogen (secondary N) is 1. The van der Waals surface area contributed by atoms with Crippen LogP contribution in [0, 0.1) is 5.41 Å². The summed E-state index contributed by atoms with van der Waals surface area (Å²) >= 11 is 0. The van der Waals surface area contributed by atoms with Gasteiger partial charge < -0.3 is 5.32 Å². The van der Waals surface area contributed by atoms with Gasteiger partial charge in [-0.3, -0.25) is 4.90 Å². The molecule has 2 fully saturated rings. The monoisotopic (exact) mass is 224 g/mol. The lowest BCUT2D eigenvalue weighted by atomic mass is 9.86. The molecule has 1 N–H and O–H groups in total. The third-order valence-electron chi connectivity index (χ3n) is 4.66. The quantitative estimate of drug-likeness (QED) is 0.790. The number of likely N-dealkylation sites (N-methyl/N-ethyl adjacent to an activating group) is 1. The van der Waals surface area contributed by atoms with Crippen LogP contribution in [0.15, 0.2) is 0 Å². The Kier molecular flexibility index (Phi) is 3.91. The van der Waals surface area contributed by atoms with Crippen molar-refractivity contribution >= 4 is 0 Å². The molecule has 0 aromatic carbocycles. The first kappa shape index (κ1) is 12.4. The van der Waals surface area contributed by atoms with Gasteiger partial charge in [-0.1, -0.05) is 27.2 Å². The van der Waals surface area contributed by atoms with Crippen LogP contribution in [0.5, 0.6) is 0 Å². The topological polar surface area (TPSA) is 15.3 Å². The minimum atomic E-state index is 0.536. The minimum Gasteiger partial charge on any atom is -0.313 e. The van der Waals surface area contributed by atoms with Crippen molar-refractivity contribution in [3.8, 4) is 0 Å². The molecule has 0 radical (unpaired) electrons. The minimum absolute atomic E-state index is 0.536. The average molecular weight is 224 g/mol. The molecular weight excluding hydrogens is 196 g/mol. The van der Waals surface area contributed by atoms with Crippen LogP contribution in [-0.2, 0) is 0 Å². The Labute approximate surface area is 101 Å². The van der Waals surface area contributed by atoms with Gasteiger partial charge in [-0.2, -0.15) is 0 Å². The second-order valence-electron chi connectivity index (χ2n) is 6.28. The van der Waals surface area contributed by atoms with Gasteiger partial charge in [0.25, 0.3) is 0 Å². The second-order valence-corrected chi connectivity index (χ2v) is 6.28. The maximum absolute atomic E-state index is 3.63. The van der Waals surface area contributed by atoms with Crippen molar-refractivity contribution in [2.75, 3.05) is 19.6 Å². The van der Waals surface area contributed by atoms with E-state index in [1.807, 2.05) is 0 Å². The van der Waals surface area contributed by atoms with Crippen LogP contribution in [0.25, 0.3) is 0 Å². The molecule has 0 amide bonds. The smallest absolute Gasteiger partial charge is 0.0195 e. The molecule has 2 atom stereocenters. The van der Waals surface area contributed by atoms with Crippen LogP contribution in [0.4, 0.5) is 0 Å². The first-order chi connectivity index (χ1) is 7.63.